The zero-order valence-electron chi connectivity index (χ0n) is 19.4. The Kier molecular flexibility index (Phi) is 7.73. The van der Waals surface area contributed by atoms with Crippen molar-refractivity contribution in [3.63, 3.8) is 0 Å². The van der Waals surface area contributed by atoms with Gasteiger partial charge in [-0.1, -0.05) is 85.3 Å². The minimum atomic E-state index is -3.96. The molecule has 0 radical (unpaired) electrons. The summed E-state index contributed by atoms with van der Waals surface area (Å²) in [5.41, 5.74) is 1.55. The third-order valence-corrected chi connectivity index (χ3v) is 7.83. The number of hydrogen-bond acceptors (Lipinski definition) is 3. The number of carbonyl (C=O) groups excluding carboxylic acids is 1. The summed E-state index contributed by atoms with van der Waals surface area (Å²) in [7, 11) is -3.96. The van der Waals surface area contributed by atoms with Crippen LogP contribution in [0, 0.1) is 5.92 Å². The summed E-state index contributed by atoms with van der Waals surface area (Å²) >= 11 is 6.12. The molecular weight excluding hydrogens is 480 g/mol. The maximum Gasteiger partial charge on any atom is 0.264 e. The molecular formula is C28H27ClN2O3S. The number of hydrogen-bond donors (Lipinski definition) is 1. The van der Waals surface area contributed by atoms with E-state index in [4.69, 9.17) is 11.6 Å². The molecule has 0 aliphatic rings. The largest absolute Gasteiger partial charge is 0.354 e. The lowest BCUT2D eigenvalue weighted by molar-refractivity contribution is -0.119. The molecule has 0 heterocycles. The van der Waals surface area contributed by atoms with Gasteiger partial charge in [-0.15, -0.1) is 0 Å². The zero-order valence-corrected chi connectivity index (χ0v) is 21.0. The van der Waals surface area contributed by atoms with Crippen LogP contribution in [0.2, 0.25) is 5.02 Å². The first-order chi connectivity index (χ1) is 16.8. The van der Waals surface area contributed by atoms with Gasteiger partial charge in [-0.3, -0.25) is 9.10 Å². The van der Waals surface area contributed by atoms with Crippen LogP contribution in [0.5, 0.6) is 0 Å². The molecule has 0 bridgehead atoms. The highest BCUT2D eigenvalue weighted by Crippen LogP contribution is 2.26. The average Bonchev–Trinajstić information content (AvgIpc) is 2.87. The van der Waals surface area contributed by atoms with E-state index in [1.807, 2.05) is 18.2 Å². The van der Waals surface area contributed by atoms with Gasteiger partial charge in [0.1, 0.15) is 6.54 Å². The maximum absolute atomic E-state index is 13.4. The number of nitrogens with one attached hydrogen (secondary N) is 1. The quantitative estimate of drug-likeness (QED) is 0.317. The van der Waals surface area contributed by atoms with E-state index < -0.39 is 10.0 Å². The van der Waals surface area contributed by atoms with E-state index in [1.165, 1.54) is 28.5 Å². The summed E-state index contributed by atoms with van der Waals surface area (Å²) in [6.07, 6.45) is 0.794. The molecule has 0 fully saturated rings. The Hall–Kier alpha value is -3.35. The molecule has 4 aromatic rings. The number of nitrogens with zero attached hydrogens (tertiary/aromatic N) is 1. The van der Waals surface area contributed by atoms with Gasteiger partial charge in [-0.25, -0.2) is 8.42 Å². The Bertz CT molecular complexity index is 1420. The van der Waals surface area contributed by atoms with Crippen LogP contribution in [-0.4, -0.2) is 27.4 Å². The number of halogens is 1. The monoisotopic (exact) mass is 506 g/mol. The van der Waals surface area contributed by atoms with E-state index in [-0.39, 0.29) is 23.3 Å². The molecule has 0 spiro atoms. The molecule has 0 aromatic heterocycles. The van der Waals surface area contributed by atoms with Crippen LogP contribution in [0.4, 0.5) is 5.69 Å². The van der Waals surface area contributed by atoms with E-state index >= 15 is 0 Å². The van der Waals surface area contributed by atoms with Crippen molar-refractivity contribution in [2.24, 2.45) is 5.92 Å². The van der Waals surface area contributed by atoms with Gasteiger partial charge in [0.25, 0.3) is 10.0 Å². The van der Waals surface area contributed by atoms with Gasteiger partial charge in [-0.05, 0) is 59.0 Å². The predicted molar refractivity (Wildman–Crippen MR) is 142 cm³/mol. The smallest absolute Gasteiger partial charge is 0.264 e. The number of amides is 1. The molecule has 1 amide bonds. The SMILES string of the molecule is CC(CNC(=O)CN(c1cccc(Cl)c1)S(=O)(=O)c1ccccc1)Cc1cccc2ccccc12. The highest BCUT2D eigenvalue weighted by Gasteiger charge is 2.27. The molecule has 0 aliphatic heterocycles. The van der Waals surface area contributed by atoms with Crippen molar-refractivity contribution in [1.29, 1.82) is 0 Å². The van der Waals surface area contributed by atoms with Crippen molar-refractivity contribution in [2.75, 3.05) is 17.4 Å². The summed E-state index contributed by atoms with van der Waals surface area (Å²) in [4.78, 5) is 13.0. The number of sulfonamides is 1. The van der Waals surface area contributed by atoms with Gasteiger partial charge < -0.3 is 5.32 Å². The molecule has 5 nitrogen and oxygen atoms in total. The van der Waals surface area contributed by atoms with Crippen molar-refractivity contribution >= 4 is 44.0 Å². The lowest BCUT2D eigenvalue weighted by Crippen LogP contribution is -2.42. The minimum Gasteiger partial charge on any atom is -0.354 e. The number of benzene rings is 4. The van der Waals surface area contributed by atoms with Gasteiger partial charge in [0.15, 0.2) is 0 Å². The standard InChI is InChI=1S/C28H27ClN2O3S/c1-21(17-23-11-7-10-22-9-5-6-16-27(22)23)19-30-28(32)20-31(25-13-8-12-24(29)18-25)35(33,34)26-14-3-2-4-15-26/h2-16,18,21H,17,19-20H2,1H3,(H,30,32). The number of anilines is 1. The number of carbonyl (C=O) groups is 1. The minimum absolute atomic E-state index is 0.108. The second-order valence-electron chi connectivity index (χ2n) is 8.56. The van der Waals surface area contributed by atoms with Crippen LogP contribution in [0.15, 0.2) is 102 Å². The maximum atomic E-state index is 13.4. The molecule has 1 N–H and O–H groups in total. The summed E-state index contributed by atoms with van der Waals surface area (Å²) in [5.74, 6) is -0.218. The highest BCUT2D eigenvalue weighted by molar-refractivity contribution is 7.92. The second kappa shape index (κ2) is 10.9. The first kappa shape index (κ1) is 24.8. The lowest BCUT2D eigenvalue weighted by Gasteiger charge is -2.24. The van der Waals surface area contributed by atoms with Crippen LogP contribution >= 0.6 is 11.6 Å². The first-order valence-corrected chi connectivity index (χ1v) is 13.2. The first-order valence-electron chi connectivity index (χ1n) is 11.4. The van der Waals surface area contributed by atoms with Gasteiger partial charge in [0.05, 0.1) is 10.6 Å². The van der Waals surface area contributed by atoms with E-state index in [2.05, 4.69) is 36.5 Å². The Balaban J connectivity index is 1.47. The Morgan fingerprint density at radius 3 is 2.37 bits per heavy atom. The molecule has 7 heteroatoms. The Labute approximate surface area is 211 Å². The van der Waals surface area contributed by atoms with Crippen molar-refractivity contribution in [3.05, 3.63) is 108 Å². The molecule has 1 atom stereocenters. The topological polar surface area (TPSA) is 66.5 Å². The van der Waals surface area contributed by atoms with Crippen molar-refractivity contribution in [3.8, 4) is 0 Å². The third-order valence-electron chi connectivity index (χ3n) is 5.81. The summed E-state index contributed by atoms with van der Waals surface area (Å²) in [6, 6.07) is 29.0. The van der Waals surface area contributed by atoms with Gasteiger partial charge in [0.2, 0.25) is 5.91 Å². The fourth-order valence-electron chi connectivity index (χ4n) is 4.06. The van der Waals surface area contributed by atoms with Gasteiger partial charge in [-0.2, -0.15) is 0 Å². The summed E-state index contributed by atoms with van der Waals surface area (Å²) in [5, 5.41) is 5.69. The van der Waals surface area contributed by atoms with Crippen LogP contribution in [0.1, 0.15) is 12.5 Å². The summed E-state index contributed by atoms with van der Waals surface area (Å²) in [6.45, 7) is 2.15. The molecule has 0 aliphatic carbocycles. The van der Waals surface area contributed by atoms with Gasteiger partial charge in [0, 0.05) is 11.6 Å². The number of rotatable bonds is 9. The van der Waals surface area contributed by atoms with Crippen molar-refractivity contribution in [1.82, 2.24) is 5.32 Å². The summed E-state index contributed by atoms with van der Waals surface area (Å²) < 4.78 is 27.9. The van der Waals surface area contributed by atoms with Crippen molar-refractivity contribution < 1.29 is 13.2 Å². The molecule has 0 saturated carbocycles. The fraction of sp³-hybridized carbons (Fsp3) is 0.179. The van der Waals surface area contributed by atoms with Crippen LogP contribution in [0.3, 0.4) is 0 Å². The van der Waals surface area contributed by atoms with E-state index in [9.17, 15) is 13.2 Å². The van der Waals surface area contributed by atoms with E-state index in [0.717, 1.165) is 10.7 Å². The molecule has 4 aromatic carbocycles. The zero-order chi connectivity index (χ0) is 24.8. The fourth-order valence-corrected chi connectivity index (χ4v) is 5.68. The Morgan fingerprint density at radius 1 is 0.914 bits per heavy atom. The van der Waals surface area contributed by atoms with Crippen molar-refractivity contribution in [2.45, 2.75) is 18.2 Å². The Morgan fingerprint density at radius 2 is 1.60 bits per heavy atom. The number of fused-ring (bicyclic) bond motifs is 1. The molecule has 4 rings (SSSR count). The lowest BCUT2D eigenvalue weighted by atomic mass is 9.96. The molecule has 35 heavy (non-hydrogen) atoms. The molecule has 1 unspecified atom stereocenters. The third kappa shape index (κ3) is 6.02. The van der Waals surface area contributed by atoms with Crippen LogP contribution < -0.4 is 9.62 Å². The highest BCUT2D eigenvalue weighted by atomic mass is 35.5. The molecule has 180 valence electrons. The van der Waals surface area contributed by atoms with E-state index in [1.54, 1.807) is 42.5 Å². The average molecular weight is 507 g/mol. The van der Waals surface area contributed by atoms with Gasteiger partial charge >= 0.3 is 0 Å². The van der Waals surface area contributed by atoms with Crippen LogP contribution in [0.25, 0.3) is 10.8 Å². The normalized spacial score (nSPS) is 12.3. The predicted octanol–water partition coefficient (Wildman–Crippen LogP) is 5.68. The second-order valence-corrected chi connectivity index (χ2v) is 10.9. The molecule has 0 saturated heterocycles. The van der Waals surface area contributed by atoms with Crippen LogP contribution in [-0.2, 0) is 21.2 Å². The van der Waals surface area contributed by atoms with E-state index in [0.29, 0.717) is 17.3 Å².